The van der Waals surface area contributed by atoms with Crippen LogP contribution in [0.25, 0.3) is 5.57 Å². The summed E-state index contributed by atoms with van der Waals surface area (Å²) < 4.78 is 0. The number of phenols is 2. The fourth-order valence-electron chi connectivity index (χ4n) is 2.67. The Hall–Kier alpha value is -2.42. The summed E-state index contributed by atoms with van der Waals surface area (Å²) in [4.78, 5) is 0. The van der Waals surface area contributed by atoms with Gasteiger partial charge in [-0.05, 0) is 66.6 Å². The van der Waals surface area contributed by atoms with Gasteiger partial charge in [0, 0.05) is 6.42 Å². The third kappa shape index (κ3) is 5.06. The Morgan fingerprint density at radius 1 is 0.826 bits per heavy atom. The Morgan fingerprint density at radius 2 is 1.39 bits per heavy atom. The second-order valence-electron chi connectivity index (χ2n) is 5.70. The van der Waals surface area contributed by atoms with E-state index in [0.717, 1.165) is 36.8 Å². The van der Waals surface area contributed by atoms with Crippen molar-refractivity contribution >= 4 is 5.57 Å². The molecule has 3 N–H and O–H groups in total. The number of hydrogen-bond acceptors (Lipinski definition) is 3. The maximum Gasteiger partial charge on any atom is 0.115 e. The van der Waals surface area contributed by atoms with Gasteiger partial charge in [-0.1, -0.05) is 31.2 Å². The van der Waals surface area contributed by atoms with Gasteiger partial charge in [0.1, 0.15) is 11.5 Å². The lowest BCUT2D eigenvalue weighted by Crippen LogP contribution is -1.93. The van der Waals surface area contributed by atoms with Crippen molar-refractivity contribution in [1.29, 1.82) is 0 Å². The van der Waals surface area contributed by atoms with E-state index in [1.165, 1.54) is 5.56 Å². The van der Waals surface area contributed by atoms with Crippen molar-refractivity contribution in [2.75, 3.05) is 0 Å². The molecule has 0 saturated heterocycles. The molecule has 0 radical (unpaired) electrons. The first-order valence-electron chi connectivity index (χ1n) is 8.08. The van der Waals surface area contributed by atoms with Crippen LogP contribution in [-0.4, -0.2) is 15.3 Å². The minimum Gasteiger partial charge on any atom is -0.512 e. The van der Waals surface area contributed by atoms with E-state index in [2.05, 4.69) is 0 Å². The zero-order chi connectivity index (χ0) is 16.7. The summed E-state index contributed by atoms with van der Waals surface area (Å²) in [5.74, 6) is 0.956. The first-order valence-corrected chi connectivity index (χ1v) is 8.08. The van der Waals surface area contributed by atoms with Gasteiger partial charge in [0.25, 0.3) is 0 Å². The molecule has 3 heteroatoms. The molecule has 23 heavy (non-hydrogen) atoms. The van der Waals surface area contributed by atoms with E-state index in [1.54, 1.807) is 24.3 Å². The van der Waals surface area contributed by atoms with Gasteiger partial charge in [-0.25, -0.2) is 0 Å². The van der Waals surface area contributed by atoms with Crippen LogP contribution in [0, 0.1) is 0 Å². The molecule has 0 heterocycles. The summed E-state index contributed by atoms with van der Waals surface area (Å²) in [5, 5.41) is 29.0. The molecule has 3 nitrogen and oxygen atoms in total. The molecular weight excluding hydrogens is 288 g/mol. The molecule has 122 valence electrons. The number of benzene rings is 2. The van der Waals surface area contributed by atoms with E-state index in [-0.39, 0.29) is 11.5 Å². The van der Waals surface area contributed by atoms with Gasteiger partial charge < -0.3 is 15.3 Å². The van der Waals surface area contributed by atoms with E-state index >= 15 is 0 Å². The van der Waals surface area contributed by atoms with E-state index < -0.39 is 0 Å². The number of aliphatic hydroxyl groups is 1. The molecule has 0 amide bonds. The summed E-state index contributed by atoms with van der Waals surface area (Å²) in [5.41, 5.74) is 3.09. The number of aromatic hydroxyl groups is 2. The van der Waals surface area contributed by atoms with Gasteiger partial charge in [0.05, 0.1) is 5.76 Å². The number of aryl methyl sites for hydroxylation is 1. The standard InChI is InChI=1S/C20H24O3/c1-2-19(16-9-13-18(22)14-10-16)20(23)6-4-3-5-15-7-11-17(21)12-8-15/h7-14,21-23H,2-6H2,1H3/b20-19-. The molecule has 0 aliphatic heterocycles. The molecular formula is C20H24O3. The van der Waals surface area contributed by atoms with Gasteiger partial charge in [-0.3, -0.25) is 0 Å². The Morgan fingerprint density at radius 3 is 1.96 bits per heavy atom. The molecule has 2 rings (SSSR count). The zero-order valence-corrected chi connectivity index (χ0v) is 13.5. The third-order valence-corrected chi connectivity index (χ3v) is 3.98. The van der Waals surface area contributed by atoms with E-state index in [1.807, 2.05) is 31.2 Å². The smallest absolute Gasteiger partial charge is 0.115 e. The normalized spacial score (nSPS) is 12.0. The van der Waals surface area contributed by atoms with Crippen LogP contribution in [0.15, 0.2) is 54.3 Å². The van der Waals surface area contributed by atoms with Gasteiger partial charge >= 0.3 is 0 Å². The van der Waals surface area contributed by atoms with Crippen molar-refractivity contribution in [2.45, 2.75) is 39.0 Å². The first kappa shape index (κ1) is 16.9. The van der Waals surface area contributed by atoms with Crippen molar-refractivity contribution in [3.63, 3.8) is 0 Å². The quantitative estimate of drug-likeness (QED) is 0.487. The number of phenolic OH excluding ortho intramolecular Hbond substituents is 2. The fraction of sp³-hybridized carbons (Fsp3) is 0.300. The zero-order valence-electron chi connectivity index (χ0n) is 13.5. The molecule has 0 saturated carbocycles. The Labute approximate surface area is 137 Å². The van der Waals surface area contributed by atoms with Crippen molar-refractivity contribution in [3.05, 3.63) is 65.4 Å². The number of unbranched alkanes of at least 4 members (excludes halogenated alkanes) is 1. The maximum atomic E-state index is 10.3. The largest absolute Gasteiger partial charge is 0.512 e. The maximum absolute atomic E-state index is 10.3. The van der Waals surface area contributed by atoms with Crippen molar-refractivity contribution in [3.8, 4) is 11.5 Å². The van der Waals surface area contributed by atoms with Crippen molar-refractivity contribution in [1.82, 2.24) is 0 Å². The van der Waals surface area contributed by atoms with Gasteiger partial charge in [-0.15, -0.1) is 0 Å². The minimum atomic E-state index is 0.234. The lowest BCUT2D eigenvalue weighted by molar-refractivity contribution is 0.383. The lowest BCUT2D eigenvalue weighted by atomic mass is 9.99. The van der Waals surface area contributed by atoms with Crippen LogP contribution in [0.1, 0.15) is 43.7 Å². The molecule has 0 spiro atoms. The van der Waals surface area contributed by atoms with Gasteiger partial charge in [0.15, 0.2) is 0 Å². The second kappa shape index (κ2) is 8.28. The summed E-state index contributed by atoms with van der Waals surface area (Å²) in [6.45, 7) is 2.02. The highest BCUT2D eigenvalue weighted by molar-refractivity contribution is 5.67. The van der Waals surface area contributed by atoms with E-state index in [9.17, 15) is 15.3 Å². The summed E-state index contributed by atoms with van der Waals surface area (Å²) in [6, 6.07) is 14.2. The van der Waals surface area contributed by atoms with E-state index in [4.69, 9.17) is 0 Å². The van der Waals surface area contributed by atoms with Crippen LogP contribution in [0.4, 0.5) is 0 Å². The predicted octanol–water partition coefficient (Wildman–Crippen LogP) is 5.19. The molecule has 0 fully saturated rings. The summed E-state index contributed by atoms with van der Waals surface area (Å²) in [7, 11) is 0. The fourth-order valence-corrected chi connectivity index (χ4v) is 2.67. The predicted molar refractivity (Wildman–Crippen MR) is 93.6 cm³/mol. The van der Waals surface area contributed by atoms with Crippen LogP contribution in [0.3, 0.4) is 0 Å². The molecule has 0 unspecified atom stereocenters. The SMILES string of the molecule is CC/C(=C(/O)CCCCc1ccc(O)cc1)c1ccc(O)cc1. The Balaban J connectivity index is 1.89. The Kier molecular flexibility index (Phi) is 6.10. The van der Waals surface area contributed by atoms with Crippen molar-refractivity contribution < 1.29 is 15.3 Å². The molecule has 0 atom stereocenters. The van der Waals surface area contributed by atoms with Crippen molar-refractivity contribution in [2.24, 2.45) is 0 Å². The molecule has 2 aromatic rings. The van der Waals surface area contributed by atoms with Crippen LogP contribution in [0.5, 0.6) is 11.5 Å². The number of aliphatic hydroxyl groups excluding tert-OH is 1. The molecule has 0 bridgehead atoms. The Bertz CT molecular complexity index is 640. The topological polar surface area (TPSA) is 60.7 Å². The minimum absolute atomic E-state index is 0.234. The third-order valence-electron chi connectivity index (χ3n) is 3.98. The molecule has 0 aliphatic rings. The van der Waals surface area contributed by atoms with Crippen LogP contribution < -0.4 is 0 Å². The second-order valence-corrected chi connectivity index (χ2v) is 5.70. The molecule has 2 aromatic carbocycles. The van der Waals surface area contributed by atoms with Crippen LogP contribution >= 0.6 is 0 Å². The van der Waals surface area contributed by atoms with Gasteiger partial charge in [-0.2, -0.15) is 0 Å². The average Bonchev–Trinajstić information content (AvgIpc) is 2.56. The highest BCUT2D eigenvalue weighted by atomic mass is 16.3. The van der Waals surface area contributed by atoms with Crippen LogP contribution in [0.2, 0.25) is 0 Å². The first-order chi connectivity index (χ1) is 11.1. The number of allylic oxidation sites excluding steroid dienone is 2. The number of rotatable bonds is 7. The highest BCUT2D eigenvalue weighted by Crippen LogP contribution is 2.25. The highest BCUT2D eigenvalue weighted by Gasteiger charge is 2.07. The van der Waals surface area contributed by atoms with E-state index in [0.29, 0.717) is 12.2 Å². The average molecular weight is 312 g/mol. The lowest BCUT2D eigenvalue weighted by Gasteiger charge is -2.10. The van der Waals surface area contributed by atoms with Gasteiger partial charge in [0.2, 0.25) is 0 Å². The number of hydrogen-bond donors (Lipinski definition) is 3. The summed E-state index contributed by atoms with van der Waals surface area (Å²) in [6.07, 6.45) is 4.25. The van der Waals surface area contributed by atoms with Crippen LogP contribution in [-0.2, 0) is 6.42 Å². The molecule has 0 aliphatic carbocycles. The summed E-state index contributed by atoms with van der Waals surface area (Å²) >= 11 is 0. The monoisotopic (exact) mass is 312 g/mol. The molecule has 0 aromatic heterocycles.